The van der Waals surface area contributed by atoms with Gasteiger partial charge in [0.05, 0.1) is 23.6 Å². The van der Waals surface area contributed by atoms with Gasteiger partial charge in [-0.1, -0.05) is 0 Å². The first-order valence-corrected chi connectivity index (χ1v) is 8.04. The highest BCUT2D eigenvalue weighted by Crippen LogP contribution is 2.26. The quantitative estimate of drug-likeness (QED) is 0.784. The van der Waals surface area contributed by atoms with Crippen molar-refractivity contribution >= 4 is 11.7 Å². The second kappa shape index (κ2) is 6.68. The molecule has 0 spiro atoms. The minimum atomic E-state index is -1.21. The van der Waals surface area contributed by atoms with Gasteiger partial charge >= 0.3 is 6.03 Å². The van der Waals surface area contributed by atoms with E-state index in [0.717, 1.165) is 23.7 Å². The van der Waals surface area contributed by atoms with Crippen molar-refractivity contribution in [3.63, 3.8) is 0 Å². The van der Waals surface area contributed by atoms with Gasteiger partial charge in [0.25, 0.3) is 0 Å². The average Bonchev–Trinajstić information content (AvgIpc) is 2.98. The van der Waals surface area contributed by atoms with E-state index in [1.54, 1.807) is 19.9 Å². The summed E-state index contributed by atoms with van der Waals surface area (Å²) in [5.41, 5.74) is 1.82. The molecule has 0 aliphatic heterocycles. The summed E-state index contributed by atoms with van der Waals surface area (Å²) in [6.45, 7) is 11.8. The van der Waals surface area contributed by atoms with E-state index in [2.05, 4.69) is 15.7 Å². The average molecular weight is 334 g/mol. The fraction of sp³-hybridized carbons (Fsp3) is 0.529. The lowest BCUT2D eigenvalue weighted by molar-refractivity contribution is 0.0584. The van der Waals surface area contributed by atoms with Gasteiger partial charge in [-0.05, 0) is 47.6 Å². The Hall–Kier alpha value is -2.28. The van der Waals surface area contributed by atoms with Crippen LogP contribution in [-0.2, 0) is 12.1 Å². The molecular formula is C17H26N4O3. The highest BCUT2D eigenvalue weighted by Gasteiger charge is 2.28. The summed E-state index contributed by atoms with van der Waals surface area (Å²) < 4.78 is 7.28. The van der Waals surface area contributed by atoms with Gasteiger partial charge in [0.2, 0.25) is 0 Å². The Morgan fingerprint density at radius 3 is 2.54 bits per heavy atom. The zero-order valence-electron chi connectivity index (χ0n) is 15.1. The van der Waals surface area contributed by atoms with Crippen LogP contribution in [-0.4, -0.2) is 27.5 Å². The Morgan fingerprint density at radius 1 is 1.38 bits per heavy atom. The maximum absolute atomic E-state index is 12.2. The van der Waals surface area contributed by atoms with Gasteiger partial charge in [-0.3, -0.25) is 4.68 Å². The van der Waals surface area contributed by atoms with Crippen molar-refractivity contribution in [1.29, 1.82) is 0 Å². The molecule has 7 heteroatoms. The van der Waals surface area contributed by atoms with E-state index in [1.807, 2.05) is 32.4 Å². The van der Waals surface area contributed by atoms with Crippen LogP contribution >= 0.6 is 0 Å². The molecule has 2 heterocycles. The van der Waals surface area contributed by atoms with E-state index >= 15 is 0 Å². The number of anilines is 1. The van der Waals surface area contributed by atoms with E-state index in [1.165, 1.54) is 0 Å². The van der Waals surface area contributed by atoms with Crippen LogP contribution in [0.1, 0.15) is 42.3 Å². The maximum Gasteiger partial charge on any atom is 0.319 e. The number of rotatable bonds is 5. The van der Waals surface area contributed by atoms with Gasteiger partial charge in [-0.15, -0.1) is 0 Å². The topological polar surface area (TPSA) is 92.3 Å². The fourth-order valence-corrected chi connectivity index (χ4v) is 2.86. The van der Waals surface area contributed by atoms with Crippen LogP contribution in [0.4, 0.5) is 10.5 Å². The molecule has 0 aromatic carbocycles. The Kier molecular flexibility index (Phi) is 5.03. The molecule has 0 radical (unpaired) electrons. The number of carbonyl (C=O) groups excluding carboxylic acids is 1. The van der Waals surface area contributed by atoms with Crippen LogP contribution in [0.2, 0.25) is 0 Å². The normalized spacial score (nSPS) is 13.6. The standard InChI is InChI=1S/C17H26N4O3/c1-7-21-12(4)15(11(3)20-21)19-16(22)18-9-17(6,23)14-8-10(2)24-13(14)5/h8,23H,7,9H2,1-6H3,(H2,18,19,22). The van der Waals surface area contributed by atoms with E-state index in [-0.39, 0.29) is 12.6 Å². The molecule has 0 saturated heterocycles. The third kappa shape index (κ3) is 3.62. The van der Waals surface area contributed by atoms with Crippen LogP contribution in [0.3, 0.4) is 0 Å². The molecule has 1 atom stereocenters. The number of urea groups is 1. The second-order valence-corrected chi connectivity index (χ2v) is 6.27. The molecule has 0 aliphatic rings. The van der Waals surface area contributed by atoms with Gasteiger partial charge in [0.1, 0.15) is 17.1 Å². The number of carbonyl (C=O) groups is 1. The minimum Gasteiger partial charge on any atom is -0.466 e. The lowest BCUT2D eigenvalue weighted by atomic mass is 9.96. The summed E-state index contributed by atoms with van der Waals surface area (Å²) >= 11 is 0. The largest absolute Gasteiger partial charge is 0.466 e. The predicted molar refractivity (Wildman–Crippen MR) is 92.1 cm³/mol. The lowest BCUT2D eigenvalue weighted by Crippen LogP contribution is -2.40. The number of aliphatic hydroxyl groups is 1. The number of amides is 2. The minimum absolute atomic E-state index is 0.0681. The smallest absolute Gasteiger partial charge is 0.319 e. The molecule has 2 aromatic rings. The van der Waals surface area contributed by atoms with Crippen molar-refractivity contribution in [2.75, 3.05) is 11.9 Å². The Labute approximate surface area is 142 Å². The molecule has 2 rings (SSSR count). The summed E-state index contributed by atoms with van der Waals surface area (Å²) in [5, 5.41) is 20.5. The van der Waals surface area contributed by atoms with E-state index < -0.39 is 5.60 Å². The molecular weight excluding hydrogens is 308 g/mol. The van der Waals surface area contributed by atoms with Gasteiger partial charge in [0, 0.05) is 12.1 Å². The van der Waals surface area contributed by atoms with Crippen LogP contribution in [0, 0.1) is 27.7 Å². The molecule has 0 fully saturated rings. The van der Waals surface area contributed by atoms with Crippen molar-refractivity contribution < 1.29 is 14.3 Å². The second-order valence-electron chi connectivity index (χ2n) is 6.27. The summed E-state index contributed by atoms with van der Waals surface area (Å²) in [6.07, 6.45) is 0. The first kappa shape index (κ1) is 18.1. The molecule has 3 N–H and O–H groups in total. The summed E-state index contributed by atoms with van der Waals surface area (Å²) in [4.78, 5) is 12.2. The number of aryl methyl sites for hydroxylation is 4. The zero-order valence-corrected chi connectivity index (χ0v) is 15.1. The predicted octanol–water partition coefficient (Wildman–Crippen LogP) is 2.76. The number of hydrogen-bond acceptors (Lipinski definition) is 4. The third-order valence-corrected chi connectivity index (χ3v) is 4.13. The van der Waals surface area contributed by atoms with E-state index in [4.69, 9.17) is 4.42 Å². The van der Waals surface area contributed by atoms with Crippen LogP contribution < -0.4 is 10.6 Å². The SMILES string of the molecule is CCn1nc(C)c(NC(=O)NCC(C)(O)c2cc(C)oc2C)c1C. The number of furan rings is 1. The summed E-state index contributed by atoms with van der Waals surface area (Å²) in [7, 11) is 0. The van der Waals surface area contributed by atoms with Crippen LogP contribution in [0.25, 0.3) is 0 Å². The van der Waals surface area contributed by atoms with Gasteiger partial charge < -0.3 is 20.2 Å². The van der Waals surface area contributed by atoms with E-state index in [0.29, 0.717) is 17.0 Å². The highest BCUT2D eigenvalue weighted by molar-refractivity contribution is 5.90. The monoisotopic (exact) mass is 334 g/mol. The Balaban J connectivity index is 2.03. The lowest BCUT2D eigenvalue weighted by Gasteiger charge is -2.23. The first-order valence-electron chi connectivity index (χ1n) is 8.04. The third-order valence-electron chi connectivity index (χ3n) is 4.13. The number of aromatic nitrogens is 2. The molecule has 0 saturated carbocycles. The van der Waals surface area contributed by atoms with Crippen LogP contribution in [0.15, 0.2) is 10.5 Å². The number of hydrogen-bond donors (Lipinski definition) is 3. The molecule has 0 bridgehead atoms. The van der Waals surface area contributed by atoms with Crippen molar-refractivity contribution in [3.05, 3.63) is 34.5 Å². The van der Waals surface area contributed by atoms with Gasteiger partial charge in [0.15, 0.2) is 0 Å². The van der Waals surface area contributed by atoms with Crippen molar-refractivity contribution in [3.8, 4) is 0 Å². The molecule has 2 aromatic heterocycles. The van der Waals surface area contributed by atoms with E-state index in [9.17, 15) is 9.90 Å². The molecule has 132 valence electrons. The maximum atomic E-state index is 12.2. The highest BCUT2D eigenvalue weighted by atomic mass is 16.3. The van der Waals surface area contributed by atoms with Crippen LogP contribution in [0.5, 0.6) is 0 Å². The summed E-state index contributed by atoms with van der Waals surface area (Å²) in [6, 6.07) is 1.41. The molecule has 1 unspecified atom stereocenters. The molecule has 2 amide bonds. The number of nitrogens with one attached hydrogen (secondary N) is 2. The fourth-order valence-electron chi connectivity index (χ4n) is 2.86. The molecule has 24 heavy (non-hydrogen) atoms. The van der Waals surface area contributed by atoms with Gasteiger partial charge in [-0.2, -0.15) is 5.10 Å². The zero-order chi connectivity index (χ0) is 18.1. The van der Waals surface area contributed by atoms with Crippen molar-refractivity contribution in [1.82, 2.24) is 15.1 Å². The van der Waals surface area contributed by atoms with Crippen molar-refractivity contribution in [2.24, 2.45) is 0 Å². The molecule has 7 nitrogen and oxygen atoms in total. The molecule has 0 aliphatic carbocycles. The number of nitrogens with zero attached hydrogens (tertiary/aromatic N) is 2. The first-order chi connectivity index (χ1) is 11.2. The van der Waals surface area contributed by atoms with Gasteiger partial charge in [-0.25, -0.2) is 4.79 Å². The van der Waals surface area contributed by atoms with Crippen molar-refractivity contribution in [2.45, 2.75) is 53.7 Å². The Morgan fingerprint density at radius 2 is 2.04 bits per heavy atom. The Bertz CT molecular complexity index is 743. The summed E-state index contributed by atoms with van der Waals surface area (Å²) in [5.74, 6) is 1.38.